The molecule has 1 aliphatic rings. The van der Waals surface area contributed by atoms with Gasteiger partial charge in [-0.05, 0) is 48.4 Å². The normalized spacial score (nSPS) is 16.4. The van der Waals surface area contributed by atoms with Crippen molar-refractivity contribution in [2.75, 3.05) is 5.32 Å². The quantitative estimate of drug-likeness (QED) is 0.731. The Hall–Kier alpha value is -3.54. The van der Waals surface area contributed by atoms with Crippen molar-refractivity contribution in [3.8, 4) is 0 Å². The number of aromatic nitrogens is 1. The first kappa shape index (κ1) is 17.9. The summed E-state index contributed by atoms with van der Waals surface area (Å²) in [6, 6.07) is 13.5. The number of aryl methyl sites for hydroxylation is 1. The highest BCUT2D eigenvalue weighted by Gasteiger charge is 2.29. The van der Waals surface area contributed by atoms with Crippen LogP contribution in [-0.4, -0.2) is 16.8 Å². The maximum absolute atomic E-state index is 13.7. The molecular weight excluding hydrogens is 357 g/mol. The van der Waals surface area contributed by atoms with Crippen LogP contribution in [0.3, 0.4) is 0 Å². The van der Waals surface area contributed by atoms with Crippen molar-refractivity contribution in [2.45, 2.75) is 19.3 Å². The molecule has 0 radical (unpaired) electrons. The number of carbonyl (C=O) groups is 2. The topological polar surface area (TPSA) is 71.1 Å². The first-order valence-corrected chi connectivity index (χ1v) is 8.93. The zero-order chi connectivity index (χ0) is 19.7. The van der Waals surface area contributed by atoms with E-state index < -0.39 is 11.7 Å². The lowest BCUT2D eigenvalue weighted by atomic mass is 9.86. The summed E-state index contributed by atoms with van der Waals surface area (Å²) in [5.74, 6) is -1.45. The highest BCUT2D eigenvalue weighted by molar-refractivity contribution is 6.07. The van der Waals surface area contributed by atoms with Crippen LogP contribution in [0.1, 0.15) is 23.5 Å². The molecule has 1 aromatic heterocycles. The van der Waals surface area contributed by atoms with E-state index in [9.17, 15) is 14.0 Å². The van der Waals surface area contributed by atoms with Crippen molar-refractivity contribution < 1.29 is 14.0 Å². The number of nitrogens with zero attached hydrogens (tertiary/aromatic N) is 1. The molecule has 6 heteroatoms. The first-order chi connectivity index (χ1) is 13.5. The molecule has 2 aromatic carbocycles. The Bertz CT molecular complexity index is 1120. The van der Waals surface area contributed by atoms with Gasteiger partial charge in [-0.25, -0.2) is 4.39 Å². The van der Waals surface area contributed by atoms with Crippen LogP contribution in [0.4, 0.5) is 10.1 Å². The van der Waals surface area contributed by atoms with E-state index in [2.05, 4.69) is 15.6 Å². The molecule has 1 unspecified atom stereocenters. The van der Waals surface area contributed by atoms with Crippen molar-refractivity contribution in [3.63, 3.8) is 0 Å². The summed E-state index contributed by atoms with van der Waals surface area (Å²) in [6.07, 6.45) is 3.22. The van der Waals surface area contributed by atoms with E-state index in [0.717, 1.165) is 16.5 Å². The van der Waals surface area contributed by atoms with E-state index in [1.165, 1.54) is 18.3 Å². The molecule has 140 valence electrons. The van der Waals surface area contributed by atoms with Gasteiger partial charge in [-0.2, -0.15) is 0 Å². The Balaban J connectivity index is 1.66. The van der Waals surface area contributed by atoms with Gasteiger partial charge in [-0.1, -0.05) is 18.2 Å². The molecule has 5 nitrogen and oxygen atoms in total. The number of pyridine rings is 1. The van der Waals surface area contributed by atoms with Crippen molar-refractivity contribution in [1.82, 2.24) is 10.3 Å². The van der Waals surface area contributed by atoms with Gasteiger partial charge in [-0.15, -0.1) is 0 Å². The molecule has 0 saturated carbocycles. The molecular formula is C22H18FN3O2. The summed E-state index contributed by atoms with van der Waals surface area (Å²) in [7, 11) is 0. The van der Waals surface area contributed by atoms with Crippen LogP contribution in [-0.2, 0) is 9.59 Å². The number of rotatable bonds is 3. The number of hydrogen-bond acceptors (Lipinski definition) is 3. The fourth-order valence-corrected chi connectivity index (χ4v) is 3.41. The summed E-state index contributed by atoms with van der Waals surface area (Å²) in [6.45, 7) is 1.89. The fourth-order valence-electron chi connectivity index (χ4n) is 3.41. The van der Waals surface area contributed by atoms with Crippen LogP contribution >= 0.6 is 0 Å². The molecule has 3 aromatic rings. The summed E-state index contributed by atoms with van der Waals surface area (Å²) in [5.41, 5.74) is 3.37. The average molecular weight is 375 g/mol. The van der Waals surface area contributed by atoms with Crippen molar-refractivity contribution in [2.24, 2.45) is 0 Å². The monoisotopic (exact) mass is 375 g/mol. The summed E-state index contributed by atoms with van der Waals surface area (Å²) < 4.78 is 13.7. The third kappa shape index (κ3) is 3.49. The van der Waals surface area contributed by atoms with Crippen molar-refractivity contribution >= 4 is 28.4 Å². The van der Waals surface area contributed by atoms with Gasteiger partial charge in [0.25, 0.3) is 5.91 Å². The molecule has 2 N–H and O–H groups in total. The first-order valence-electron chi connectivity index (χ1n) is 8.93. The number of amides is 2. The SMILES string of the molecule is Cc1cc2ncccc2cc1NC(=O)C1=CNC(=O)CC1c1cccc(F)c1. The highest BCUT2D eigenvalue weighted by Crippen LogP contribution is 2.32. The molecule has 28 heavy (non-hydrogen) atoms. The van der Waals surface area contributed by atoms with Gasteiger partial charge < -0.3 is 10.6 Å². The second-order valence-electron chi connectivity index (χ2n) is 6.80. The van der Waals surface area contributed by atoms with Gasteiger partial charge in [0.15, 0.2) is 0 Å². The standard InChI is InChI=1S/C22H18FN3O2/c1-13-8-20-15(5-3-7-24-20)10-19(13)26-22(28)18-12-25-21(27)11-17(18)14-4-2-6-16(23)9-14/h2-10,12,17H,11H2,1H3,(H,25,27)(H,26,28). The minimum Gasteiger partial charge on any atom is -0.332 e. The van der Waals surface area contributed by atoms with Crippen LogP contribution in [0.2, 0.25) is 0 Å². The van der Waals surface area contributed by atoms with E-state index in [4.69, 9.17) is 0 Å². The molecule has 4 rings (SSSR count). The molecule has 0 saturated heterocycles. The predicted molar refractivity (Wildman–Crippen MR) is 105 cm³/mol. The van der Waals surface area contributed by atoms with Crippen LogP contribution in [0.25, 0.3) is 10.9 Å². The predicted octanol–water partition coefficient (Wildman–Crippen LogP) is 3.81. The zero-order valence-electron chi connectivity index (χ0n) is 15.2. The minimum absolute atomic E-state index is 0.0866. The number of hydrogen-bond donors (Lipinski definition) is 2. The number of halogens is 1. The Morgan fingerprint density at radius 1 is 1.21 bits per heavy atom. The molecule has 0 fully saturated rings. The highest BCUT2D eigenvalue weighted by atomic mass is 19.1. The van der Waals surface area contributed by atoms with Crippen LogP contribution in [0.5, 0.6) is 0 Å². The molecule has 0 bridgehead atoms. The second-order valence-corrected chi connectivity index (χ2v) is 6.80. The minimum atomic E-state index is -0.508. The fraction of sp³-hybridized carbons (Fsp3) is 0.136. The van der Waals surface area contributed by atoms with E-state index in [0.29, 0.717) is 16.8 Å². The largest absolute Gasteiger partial charge is 0.332 e. The second kappa shape index (κ2) is 7.23. The van der Waals surface area contributed by atoms with Crippen molar-refractivity contribution in [3.05, 3.63) is 83.4 Å². The molecule has 0 aliphatic carbocycles. The Morgan fingerprint density at radius 3 is 2.89 bits per heavy atom. The maximum atomic E-state index is 13.7. The number of carbonyl (C=O) groups excluding carboxylic acids is 2. The summed E-state index contributed by atoms with van der Waals surface area (Å²) in [4.78, 5) is 29.2. The smallest absolute Gasteiger partial charge is 0.253 e. The van der Waals surface area contributed by atoms with Crippen LogP contribution in [0.15, 0.2) is 66.5 Å². The van der Waals surface area contributed by atoms with Gasteiger partial charge in [0.05, 0.1) is 5.52 Å². The number of benzene rings is 2. The van der Waals surface area contributed by atoms with Crippen LogP contribution in [0, 0.1) is 12.7 Å². The van der Waals surface area contributed by atoms with Crippen LogP contribution < -0.4 is 10.6 Å². The molecule has 1 aliphatic heterocycles. The molecule has 2 heterocycles. The molecule has 0 spiro atoms. The number of anilines is 1. The Kier molecular flexibility index (Phi) is 4.61. The third-order valence-electron chi connectivity index (χ3n) is 4.86. The molecule has 1 atom stereocenters. The number of fused-ring (bicyclic) bond motifs is 1. The maximum Gasteiger partial charge on any atom is 0.253 e. The van der Waals surface area contributed by atoms with Crippen molar-refractivity contribution in [1.29, 1.82) is 0 Å². The zero-order valence-corrected chi connectivity index (χ0v) is 15.2. The van der Waals surface area contributed by atoms with E-state index in [1.807, 2.05) is 31.2 Å². The summed E-state index contributed by atoms with van der Waals surface area (Å²) >= 11 is 0. The van der Waals surface area contributed by atoms with Gasteiger partial charge in [-0.3, -0.25) is 14.6 Å². The third-order valence-corrected chi connectivity index (χ3v) is 4.86. The van der Waals surface area contributed by atoms with E-state index >= 15 is 0 Å². The summed E-state index contributed by atoms with van der Waals surface area (Å²) in [5, 5.41) is 6.43. The van der Waals surface area contributed by atoms with Gasteiger partial charge in [0.2, 0.25) is 5.91 Å². The lowest BCUT2D eigenvalue weighted by molar-refractivity contribution is -0.121. The lowest BCUT2D eigenvalue weighted by Gasteiger charge is -2.24. The average Bonchev–Trinajstić information content (AvgIpc) is 2.68. The van der Waals surface area contributed by atoms with Gasteiger partial charge in [0, 0.05) is 41.4 Å². The Labute approximate surface area is 161 Å². The van der Waals surface area contributed by atoms with Gasteiger partial charge >= 0.3 is 0 Å². The van der Waals surface area contributed by atoms with E-state index in [1.54, 1.807) is 18.3 Å². The number of nitrogens with one attached hydrogen (secondary N) is 2. The van der Waals surface area contributed by atoms with Gasteiger partial charge in [0.1, 0.15) is 5.82 Å². The lowest BCUT2D eigenvalue weighted by Crippen LogP contribution is -2.32. The molecule has 2 amide bonds. The Morgan fingerprint density at radius 2 is 2.07 bits per heavy atom. The van der Waals surface area contributed by atoms with E-state index in [-0.39, 0.29) is 18.2 Å².